The lowest BCUT2D eigenvalue weighted by atomic mass is 9.92. The van der Waals surface area contributed by atoms with Crippen molar-refractivity contribution in [1.29, 1.82) is 0 Å². The molecule has 0 spiro atoms. The maximum absolute atomic E-state index is 13.9. The van der Waals surface area contributed by atoms with Crippen molar-refractivity contribution in [3.8, 4) is 5.75 Å². The van der Waals surface area contributed by atoms with Crippen molar-refractivity contribution < 1.29 is 41.1 Å². The highest BCUT2D eigenvalue weighted by Crippen LogP contribution is 2.35. The number of rotatable bonds is 9. The molecule has 0 saturated heterocycles. The molecule has 0 radical (unpaired) electrons. The second kappa shape index (κ2) is 11.6. The van der Waals surface area contributed by atoms with Crippen LogP contribution in [0.1, 0.15) is 35.4 Å². The zero-order chi connectivity index (χ0) is 29.2. The molecule has 7 nitrogen and oxygen atoms in total. The van der Waals surface area contributed by atoms with Gasteiger partial charge in [0.2, 0.25) is 5.91 Å². The third-order valence-corrected chi connectivity index (χ3v) is 6.79. The van der Waals surface area contributed by atoms with E-state index in [9.17, 15) is 36.3 Å². The summed E-state index contributed by atoms with van der Waals surface area (Å²) < 4.78 is 74.6. The lowest BCUT2D eigenvalue weighted by molar-refractivity contribution is -0.142. The molecule has 0 fully saturated rings. The average molecular weight is 564 g/mol. The summed E-state index contributed by atoms with van der Waals surface area (Å²) in [5.74, 6) is -3.73. The largest absolute Gasteiger partial charge is 0.497 e. The second-order valence-electron chi connectivity index (χ2n) is 9.66. The lowest BCUT2D eigenvalue weighted by Crippen LogP contribution is -2.36. The number of anilines is 1. The van der Waals surface area contributed by atoms with Gasteiger partial charge < -0.3 is 9.64 Å². The minimum absolute atomic E-state index is 0.00959. The van der Waals surface area contributed by atoms with Gasteiger partial charge in [0.05, 0.1) is 13.7 Å². The topological polar surface area (TPSA) is 81.5 Å². The predicted molar refractivity (Wildman–Crippen MR) is 134 cm³/mol. The van der Waals surface area contributed by atoms with Gasteiger partial charge in [-0.15, -0.1) is 0 Å². The molecule has 1 aromatic heterocycles. The van der Waals surface area contributed by atoms with E-state index in [-0.39, 0.29) is 41.9 Å². The van der Waals surface area contributed by atoms with Gasteiger partial charge in [-0.1, -0.05) is 0 Å². The average Bonchev–Trinajstić information content (AvgIpc) is 3.24. The van der Waals surface area contributed by atoms with Gasteiger partial charge in [-0.05, 0) is 54.8 Å². The number of nitrogens with zero attached hydrogens (tertiary/aromatic N) is 3. The first-order chi connectivity index (χ1) is 18.8. The molecule has 0 N–H and O–H groups in total. The molecule has 0 saturated carbocycles. The first-order valence-corrected chi connectivity index (χ1v) is 12.4. The van der Waals surface area contributed by atoms with Crippen LogP contribution < -0.4 is 9.64 Å². The third-order valence-electron chi connectivity index (χ3n) is 6.79. The fraction of sp³-hybridized carbons (Fsp3) is 0.357. The summed E-state index contributed by atoms with van der Waals surface area (Å²) in [4.78, 5) is 39.8. The Balaban J connectivity index is 1.60. The Morgan fingerprint density at radius 2 is 1.73 bits per heavy atom. The standard InChI is InChI=1S/C28H26F5N3O4/c1-35(20-3-6-23(40-2)7-4-20)27(39)17(9-16-10-18(29)13-19(30)11-16)12-22(38)15-36-25-8-5-21(37)14-24(25)26(34-36)28(31,32)33/h3-4,6-7,10-11,13,17H,5,8-9,12,14-15H2,1-2H3/t17-/m1/s1. The number of carbonyl (C=O) groups excluding carboxylic acids is 3. The molecule has 1 atom stereocenters. The summed E-state index contributed by atoms with van der Waals surface area (Å²) >= 11 is 0. The van der Waals surface area contributed by atoms with Gasteiger partial charge in [-0.3, -0.25) is 19.1 Å². The Kier molecular flexibility index (Phi) is 8.36. The number of hydrogen-bond donors (Lipinski definition) is 0. The Bertz CT molecular complexity index is 1410. The molecule has 4 rings (SSSR count). The van der Waals surface area contributed by atoms with Gasteiger partial charge >= 0.3 is 6.18 Å². The number of halogens is 5. The monoisotopic (exact) mass is 563 g/mol. The highest BCUT2D eigenvalue weighted by Gasteiger charge is 2.41. The number of ether oxygens (including phenoxy) is 1. The Labute approximate surface area is 226 Å². The molecule has 1 aliphatic carbocycles. The van der Waals surface area contributed by atoms with Gasteiger partial charge in [0.1, 0.15) is 23.2 Å². The zero-order valence-corrected chi connectivity index (χ0v) is 21.7. The van der Waals surface area contributed by atoms with E-state index < -0.39 is 60.5 Å². The van der Waals surface area contributed by atoms with Crippen molar-refractivity contribution in [2.45, 2.75) is 44.8 Å². The fourth-order valence-electron chi connectivity index (χ4n) is 4.87. The van der Waals surface area contributed by atoms with E-state index in [4.69, 9.17) is 4.74 Å². The van der Waals surface area contributed by atoms with Crippen LogP contribution in [0, 0.1) is 17.6 Å². The Hall–Kier alpha value is -4.09. The Morgan fingerprint density at radius 3 is 2.33 bits per heavy atom. The van der Waals surface area contributed by atoms with Crippen LogP contribution in [0.2, 0.25) is 0 Å². The number of carbonyl (C=O) groups is 3. The van der Waals surface area contributed by atoms with Crippen LogP contribution >= 0.6 is 0 Å². The lowest BCUT2D eigenvalue weighted by Gasteiger charge is -2.24. The first-order valence-electron chi connectivity index (χ1n) is 12.4. The highest BCUT2D eigenvalue weighted by atomic mass is 19.4. The Morgan fingerprint density at radius 1 is 1.07 bits per heavy atom. The van der Waals surface area contributed by atoms with Crippen molar-refractivity contribution in [2.75, 3.05) is 19.1 Å². The number of ketones is 2. The van der Waals surface area contributed by atoms with E-state index in [0.29, 0.717) is 17.5 Å². The maximum atomic E-state index is 13.9. The van der Waals surface area contributed by atoms with Crippen molar-refractivity contribution in [3.63, 3.8) is 0 Å². The van der Waals surface area contributed by atoms with Crippen molar-refractivity contribution in [1.82, 2.24) is 9.78 Å². The van der Waals surface area contributed by atoms with E-state index in [1.807, 2.05) is 0 Å². The fourth-order valence-corrected chi connectivity index (χ4v) is 4.87. The first kappa shape index (κ1) is 28.9. The van der Waals surface area contributed by atoms with E-state index in [1.165, 1.54) is 19.1 Å². The van der Waals surface area contributed by atoms with E-state index in [2.05, 4.69) is 5.10 Å². The van der Waals surface area contributed by atoms with Crippen LogP contribution in [-0.4, -0.2) is 41.4 Å². The molecular weight excluding hydrogens is 537 g/mol. The summed E-state index contributed by atoms with van der Waals surface area (Å²) in [6.45, 7) is -0.555. The maximum Gasteiger partial charge on any atom is 0.435 e. The molecule has 0 bridgehead atoms. The normalized spacial score (nSPS) is 14.0. The van der Waals surface area contributed by atoms with E-state index >= 15 is 0 Å². The minimum atomic E-state index is -4.81. The van der Waals surface area contributed by atoms with Crippen LogP contribution in [0.4, 0.5) is 27.6 Å². The molecule has 2 aromatic carbocycles. The molecule has 0 unspecified atom stereocenters. The SMILES string of the molecule is COc1ccc(N(C)C(=O)[C@@H](CC(=O)Cn2nc(C(F)(F)F)c3c2CCC(=O)C3)Cc2cc(F)cc(F)c2)cc1. The quantitative estimate of drug-likeness (QED) is 0.352. The molecule has 12 heteroatoms. The van der Waals surface area contributed by atoms with Gasteiger partial charge in [0.25, 0.3) is 0 Å². The third kappa shape index (κ3) is 6.54. The number of alkyl halides is 3. The zero-order valence-electron chi connectivity index (χ0n) is 21.7. The summed E-state index contributed by atoms with van der Waals surface area (Å²) in [5, 5.41) is 3.61. The van der Waals surface area contributed by atoms with Gasteiger partial charge in [-0.2, -0.15) is 18.3 Å². The number of aromatic nitrogens is 2. The summed E-state index contributed by atoms with van der Waals surface area (Å²) in [5.41, 5.74) is -0.676. The smallest absolute Gasteiger partial charge is 0.435 e. The summed E-state index contributed by atoms with van der Waals surface area (Å²) in [7, 11) is 2.96. The predicted octanol–water partition coefficient (Wildman–Crippen LogP) is 4.73. The van der Waals surface area contributed by atoms with Crippen molar-refractivity contribution in [2.24, 2.45) is 5.92 Å². The minimum Gasteiger partial charge on any atom is -0.497 e. The van der Waals surface area contributed by atoms with Crippen LogP contribution in [-0.2, 0) is 46.4 Å². The van der Waals surface area contributed by atoms with Gasteiger partial charge in [0, 0.05) is 55.2 Å². The number of benzene rings is 2. The van der Waals surface area contributed by atoms with E-state index in [0.717, 1.165) is 16.8 Å². The molecular formula is C28H26F5N3O4. The van der Waals surface area contributed by atoms with Gasteiger partial charge in [-0.25, -0.2) is 8.78 Å². The second-order valence-corrected chi connectivity index (χ2v) is 9.66. The highest BCUT2D eigenvalue weighted by molar-refractivity contribution is 5.97. The van der Waals surface area contributed by atoms with Crippen LogP contribution in [0.15, 0.2) is 42.5 Å². The summed E-state index contributed by atoms with van der Waals surface area (Å²) in [6, 6.07) is 9.28. The molecule has 212 valence electrons. The number of methoxy groups -OCH3 is 1. The van der Waals surface area contributed by atoms with Crippen molar-refractivity contribution in [3.05, 3.63) is 76.6 Å². The molecule has 1 aliphatic rings. The molecule has 40 heavy (non-hydrogen) atoms. The van der Waals surface area contributed by atoms with Crippen molar-refractivity contribution >= 4 is 23.2 Å². The van der Waals surface area contributed by atoms with Crippen LogP contribution in [0.5, 0.6) is 5.75 Å². The molecule has 3 aromatic rings. The van der Waals surface area contributed by atoms with E-state index in [1.54, 1.807) is 24.3 Å². The van der Waals surface area contributed by atoms with Gasteiger partial charge in [0.15, 0.2) is 11.5 Å². The molecule has 1 amide bonds. The van der Waals surface area contributed by atoms with Crippen LogP contribution in [0.25, 0.3) is 0 Å². The molecule has 0 aliphatic heterocycles. The van der Waals surface area contributed by atoms with Crippen LogP contribution in [0.3, 0.4) is 0 Å². The number of fused-ring (bicyclic) bond motifs is 1. The summed E-state index contributed by atoms with van der Waals surface area (Å²) in [6.07, 6.45) is -5.81. The number of amides is 1. The number of hydrogen-bond acceptors (Lipinski definition) is 5. The molecule has 1 heterocycles. The number of Topliss-reactive ketones (excluding diaryl/α,β-unsaturated/α-hetero) is 2.